The number of alkyl halides is 3. The SMILES string of the molecule is C=CS(=O)(=O)NCCNC1CCNC(OC2CC(Cl)C(Cl)CC2I)C1. The van der Waals surface area contributed by atoms with Gasteiger partial charge >= 0.3 is 0 Å². The van der Waals surface area contributed by atoms with Crippen LogP contribution in [-0.4, -0.2) is 61.1 Å². The molecule has 0 amide bonds. The molecular formula is C15H26Cl2IN3O3S. The van der Waals surface area contributed by atoms with Crippen LogP contribution in [0.5, 0.6) is 0 Å². The van der Waals surface area contributed by atoms with E-state index in [1.165, 1.54) is 0 Å². The third-order valence-electron chi connectivity index (χ3n) is 4.49. The summed E-state index contributed by atoms with van der Waals surface area (Å²) < 4.78 is 31.7. The molecule has 1 aliphatic carbocycles. The lowest BCUT2D eigenvalue weighted by atomic mass is 9.96. The van der Waals surface area contributed by atoms with Gasteiger partial charge < -0.3 is 10.1 Å². The van der Waals surface area contributed by atoms with Crippen molar-refractivity contribution in [2.75, 3.05) is 19.6 Å². The van der Waals surface area contributed by atoms with E-state index < -0.39 is 10.0 Å². The molecule has 25 heavy (non-hydrogen) atoms. The second kappa shape index (κ2) is 10.4. The monoisotopic (exact) mass is 525 g/mol. The van der Waals surface area contributed by atoms with Gasteiger partial charge in [-0.05, 0) is 25.8 Å². The first-order valence-corrected chi connectivity index (χ1v) is 12.1. The van der Waals surface area contributed by atoms with Crippen molar-refractivity contribution in [3.8, 4) is 0 Å². The topological polar surface area (TPSA) is 79.5 Å². The minimum Gasteiger partial charge on any atom is -0.359 e. The Morgan fingerprint density at radius 1 is 1.24 bits per heavy atom. The maximum Gasteiger partial charge on any atom is 0.233 e. The van der Waals surface area contributed by atoms with Crippen LogP contribution in [0.1, 0.15) is 25.7 Å². The largest absolute Gasteiger partial charge is 0.359 e. The molecule has 0 aromatic carbocycles. The summed E-state index contributed by atoms with van der Waals surface area (Å²) in [4.78, 5) is 0. The van der Waals surface area contributed by atoms with Gasteiger partial charge in [0.1, 0.15) is 6.23 Å². The van der Waals surface area contributed by atoms with Gasteiger partial charge in [0.25, 0.3) is 0 Å². The van der Waals surface area contributed by atoms with Gasteiger partial charge in [-0.1, -0.05) is 29.2 Å². The molecule has 0 bridgehead atoms. The molecule has 0 aromatic rings. The summed E-state index contributed by atoms with van der Waals surface area (Å²) >= 11 is 14.9. The molecule has 6 nitrogen and oxygen atoms in total. The molecule has 3 N–H and O–H groups in total. The average Bonchev–Trinajstić information content (AvgIpc) is 2.57. The normalized spacial score (nSPS) is 36.9. The lowest BCUT2D eigenvalue weighted by Crippen LogP contribution is -2.51. The smallest absolute Gasteiger partial charge is 0.233 e. The van der Waals surface area contributed by atoms with Crippen molar-refractivity contribution in [3.05, 3.63) is 12.0 Å². The van der Waals surface area contributed by atoms with Crippen molar-refractivity contribution in [3.63, 3.8) is 0 Å². The Morgan fingerprint density at radius 3 is 2.68 bits per heavy atom. The summed E-state index contributed by atoms with van der Waals surface area (Å²) in [5, 5.41) is 7.66. The number of piperidine rings is 1. The third kappa shape index (κ3) is 7.40. The van der Waals surface area contributed by atoms with E-state index in [9.17, 15) is 8.42 Å². The molecule has 0 spiro atoms. The van der Waals surface area contributed by atoms with Gasteiger partial charge in [-0.25, -0.2) is 13.1 Å². The van der Waals surface area contributed by atoms with Gasteiger partial charge in [-0.15, -0.1) is 23.2 Å². The second-order valence-corrected chi connectivity index (χ2v) is 10.9. The minimum atomic E-state index is -3.36. The van der Waals surface area contributed by atoms with E-state index in [2.05, 4.69) is 44.5 Å². The van der Waals surface area contributed by atoms with E-state index >= 15 is 0 Å². The summed E-state index contributed by atoms with van der Waals surface area (Å²) in [5.41, 5.74) is 0. The molecule has 1 aliphatic heterocycles. The van der Waals surface area contributed by atoms with Gasteiger partial charge in [0.15, 0.2) is 0 Å². The Balaban J connectivity index is 1.72. The Kier molecular flexibility index (Phi) is 9.21. The molecule has 2 fully saturated rings. The maximum atomic E-state index is 11.3. The maximum absolute atomic E-state index is 11.3. The molecular weight excluding hydrogens is 500 g/mol. The molecule has 1 heterocycles. The Bertz CT molecular complexity index is 540. The van der Waals surface area contributed by atoms with Crippen molar-refractivity contribution < 1.29 is 13.2 Å². The highest BCUT2D eigenvalue weighted by atomic mass is 127. The van der Waals surface area contributed by atoms with Crippen LogP contribution in [0.3, 0.4) is 0 Å². The van der Waals surface area contributed by atoms with Crippen molar-refractivity contribution in [2.45, 2.75) is 58.7 Å². The van der Waals surface area contributed by atoms with Crippen molar-refractivity contribution in [1.29, 1.82) is 0 Å². The number of sulfonamides is 1. The molecule has 1 saturated carbocycles. The molecule has 1 saturated heterocycles. The fourth-order valence-corrected chi connectivity index (χ4v) is 5.47. The highest BCUT2D eigenvalue weighted by Crippen LogP contribution is 2.34. The zero-order chi connectivity index (χ0) is 18.4. The molecule has 2 aliphatic rings. The van der Waals surface area contributed by atoms with Crippen LogP contribution < -0.4 is 15.4 Å². The van der Waals surface area contributed by atoms with Gasteiger partial charge in [-0.2, -0.15) is 0 Å². The average molecular weight is 526 g/mol. The standard InChI is InChI=1S/C15H26Cl2IN3O3S/c1-2-25(22,23)21-6-5-19-10-3-4-20-15(7-10)24-14-9-12(17)11(16)8-13(14)18/h2,10-15,19-21H,1,3-9H2. The van der Waals surface area contributed by atoms with E-state index in [0.717, 1.165) is 37.6 Å². The Morgan fingerprint density at radius 2 is 1.96 bits per heavy atom. The molecule has 0 radical (unpaired) electrons. The molecule has 10 heteroatoms. The van der Waals surface area contributed by atoms with Gasteiger partial charge in [0.05, 0.1) is 16.9 Å². The summed E-state index contributed by atoms with van der Waals surface area (Å²) in [6.07, 6.45) is 3.53. The number of ether oxygens (including phenoxy) is 1. The highest BCUT2D eigenvalue weighted by molar-refractivity contribution is 14.1. The van der Waals surface area contributed by atoms with Gasteiger partial charge in [0.2, 0.25) is 10.0 Å². The van der Waals surface area contributed by atoms with Crippen LogP contribution in [0.15, 0.2) is 12.0 Å². The van der Waals surface area contributed by atoms with E-state index in [-0.39, 0.29) is 23.1 Å². The molecule has 0 aromatic heterocycles. The zero-order valence-corrected chi connectivity index (χ0v) is 18.5. The molecule has 2 rings (SSSR count). The number of hydrogen-bond acceptors (Lipinski definition) is 5. The quantitative estimate of drug-likeness (QED) is 0.256. The fraction of sp³-hybridized carbons (Fsp3) is 0.867. The first-order valence-electron chi connectivity index (χ1n) is 8.47. The number of hydrogen-bond donors (Lipinski definition) is 3. The van der Waals surface area contributed by atoms with Crippen molar-refractivity contribution in [1.82, 2.24) is 15.4 Å². The van der Waals surface area contributed by atoms with E-state index in [1.54, 1.807) is 0 Å². The second-order valence-electron chi connectivity index (χ2n) is 6.42. The van der Waals surface area contributed by atoms with Crippen molar-refractivity contribution in [2.24, 2.45) is 0 Å². The Hall–Kier alpha value is 0.840. The third-order valence-corrected chi connectivity index (χ3v) is 7.94. The molecule has 6 atom stereocenters. The lowest BCUT2D eigenvalue weighted by Gasteiger charge is -2.38. The first-order chi connectivity index (χ1) is 11.8. The number of nitrogens with one attached hydrogen (secondary N) is 3. The predicted octanol–water partition coefficient (Wildman–Crippen LogP) is 1.91. The van der Waals surface area contributed by atoms with Crippen LogP contribution in [0.4, 0.5) is 0 Å². The number of halogens is 3. The molecule has 146 valence electrons. The van der Waals surface area contributed by atoms with Crippen LogP contribution in [0, 0.1) is 0 Å². The minimum absolute atomic E-state index is 0.0106. The van der Waals surface area contributed by atoms with Crippen molar-refractivity contribution >= 4 is 55.8 Å². The number of rotatable bonds is 8. The predicted molar refractivity (Wildman–Crippen MR) is 111 cm³/mol. The van der Waals surface area contributed by atoms with E-state index in [4.69, 9.17) is 27.9 Å². The summed E-state index contributed by atoms with van der Waals surface area (Å²) in [6.45, 7) is 5.04. The molecule has 6 unspecified atom stereocenters. The van der Waals surface area contributed by atoms with Crippen LogP contribution >= 0.6 is 45.8 Å². The van der Waals surface area contributed by atoms with E-state index in [1.807, 2.05) is 0 Å². The lowest BCUT2D eigenvalue weighted by molar-refractivity contribution is -0.0556. The van der Waals surface area contributed by atoms with Crippen LogP contribution in [0.25, 0.3) is 0 Å². The van der Waals surface area contributed by atoms with Gasteiger partial charge in [-0.3, -0.25) is 5.32 Å². The summed E-state index contributed by atoms with van der Waals surface area (Å²) in [7, 11) is -3.36. The van der Waals surface area contributed by atoms with Gasteiger partial charge in [0, 0.05) is 34.9 Å². The van der Waals surface area contributed by atoms with E-state index in [0.29, 0.717) is 23.1 Å². The summed E-state index contributed by atoms with van der Waals surface area (Å²) in [5.74, 6) is 0. The van der Waals surface area contributed by atoms with Crippen LogP contribution in [-0.2, 0) is 14.8 Å². The highest BCUT2D eigenvalue weighted by Gasteiger charge is 2.36. The zero-order valence-electron chi connectivity index (χ0n) is 14.0. The summed E-state index contributed by atoms with van der Waals surface area (Å²) in [6, 6.07) is 0.295. The fourth-order valence-electron chi connectivity index (χ4n) is 3.08. The van der Waals surface area contributed by atoms with Crippen LogP contribution in [0.2, 0.25) is 0 Å². The Labute approximate surface area is 174 Å². The first kappa shape index (κ1) is 22.1.